The molecule has 4 heteroatoms. The van der Waals surface area contributed by atoms with Gasteiger partial charge >= 0.3 is 0 Å². The standard InChI is InChI=1S/C9H7BrI2O/c1-5(13)9(10)6-2-7(11)4-8(12)3-6/h2-4,9H,1H3. The molecule has 1 unspecified atom stereocenters. The fraction of sp³-hybridized carbons (Fsp3) is 0.222. The summed E-state index contributed by atoms with van der Waals surface area (Å²) in [4.78, 5) is 10.9. The Bertz CT molecular complexity index is 318. The maximum Gasteiger partial charge on any atom is 0.147 e. The van der Waals surface area contributed by atoms with Crippen LogP contribution in [0.15, 0.2) is 18.2 Å². The average molecular weight is 465 g/mol. The lowest BCUT2D eigenvalue weighted by atomic mass is 10.1. The van der Waals surface area contributed by atoms with Gasteiger partial charge < -0.3 is 0 Å². The van der Waals surface area contributed by atoms with Gasteiger partial charge in [0.25, 0.3) is 0 Å². The lowest BCUT2D eigenvalue weighted by Gasteiger charge is -2.07. The van der Waals surface area contributed by atoms with Gasteiger partial charge in [-0.3, -0.25) is 4.79 Å². The van der Waals surface area contributed by atoms with Crippen LogP contribution in [0.2, 0.25) is 0 Å². The Balaban J connectivity index is 3.07. The number of Topliss-reactive ketones (excluding diaryl/α,β-unsaturated/α-hetero) is 1. The molecule has 0 heterocycles. The quantitative estimate of drug-likeness (QED) is 0.479. The van der Waals surface area contributed by atoms with Crippen LogP contribution < -0.4 is 0 Å². The zero-order valence-corrected chi connectivity index (χ0v) is 12.8. The second-order valence-corrected chi connectivity index (χ2v) is 6.08. The Morgan fingerprint density at radius 3 is 2.15 bits per heavy atom. The lowest BCUT2D eigenvalue weighted by molar-refractivity contribution is -0.116. The van der Waals surface area contributed by atoms with Crippen molar-refractivity contribution in [2.75, 3.05) is 0 Å². The molecule has 0 fully saturated rings. The van der Waals surface area contributed by atoms with Gasteiger partial charge in [-0.2, -0.15) is 0 Å². The van der Waals surface area contributed by atoms with Crippen molar-refractivity contribution in [3.63, 3.8) is 0 Å². The minimum Gasteiger partial charge on any atom is -0.298 e. The lowest BCUT2D eigenvalue weighted by Crippen LogP contribution is -2.01. The topological polar surface area (TPSA) is 17.1 Å². The predicted molar refractivity (Wildman–Crippen MR) is 74.2 cm³/mol. The van der Waals surface area contributed by atoms with Crippen molar-refractivity contribution in [3.8, 4) is 0 Å². The Labute approximate surface area is 113 Å². The van der Waals surface area contributed by atoms with E-state index in [1.807, 2.05) is 12.1 Å². The molecule has 1 aromatic carbocycles. The van der Waals surface area contributed by atoms with Crippen molar-refractivity contribution in [3.05, 3.63) is 30.9 Å². The van der Waals surface area contributed by atoms with Crippen molar-refractivity contribution >= 4 is 66.9 Å². The van der Waals surface area contributed by atoms with Crippen LogP contribution in [0.25, 0.3) is 0 Å². The number of halogens is 3. The van der Waals surface area contributed by atoms with Gasteiger partial charge in [-0.1, -0.05) is 15.9 Å². The number of alkyl halides is 1. The molecule has 1 aromatic rings. The van der Waals surface area contributed by atoms with Crippen LogP contribution in [0.4, 0.5) is 0 Å². The fourth-order valence-corrected chi connectivity index (χ4v) is 3.21. The second-order valence-electron chi connectivity index (χ2n) is 2.68. The summed E-state index contributed by atoms with van der Waals surface area (Å²) in [5.41, 5.74) is 1.03. The summed E-state index contributed by atoms with van der Waals surface area (Å²) in [6, 6.07) is 6.11. The molecule has 0 aliphatic heterocycles. The highest BCUT2D eigenvalue weighted by Gasteiger charge is 2.13. The third kappa shape index (κ3) is 3.47. The summed E-state index contributed by atoms with van der Waals surface area (Å²) < 4.78 is 2.32. The van der Waals surface area contributed by atoms with Crippen molar-refractivity contribution in [1.82, 2.24) is 0 Å². The maximum absolute atomic E-state index is 11.1. The largest absolute Gasteiger partial charge is 0.298 e. The normalized spacial score (nSPS) is 12.6. The van der Waals surface area contributed by atoms with Crippen LogP contribution in [-0.4, -0.2) is 5.78 Å². The number of carbonyl (C=O) groups excluding carboxylic acids is 1. The third-order valence-corrected chi connectivity index (χ3v) is 3.95. The monoisotopic (exact) mass is 464 g/mol. The Hall–Kier alpha value is 0.830. The molecule has 0 aromatic heterocycles. The summed E-state index contributed by atoms with van der Waals surface area (Å²) >= 11 is 7.86. The fourth-order valence-electron chi connectivity index (χ4n) is 0.956. The van der Waals surface area contributed by atoms with Gasteiger partial charge in [0.15, 0.2) is 0 Å². The first kappa shape index (κ1) is 11.9. The maximum atomic E-state index is 11.1. The van der Waals surface area contributed by atoms with Crippen LogP contribution in [0.3, 0.4) is 0 Å². The van der Waals surface area contributed by atoms with Crippen molar-refractivity contribution in [2.24, 2.45) is 0 Å². The van der Waals surface area contributed by atoms with Crippen molar-refractivity contribution in [1.29, 1.82) is 0 Å². The Morgan fingerprint density at radius 1 is 1.31 bits per heavy atom. The molecular formula is C9H7BrI2O. The summed E-state index contributed by atoms with van der Waals surface area (Å²) in [7, 11) is 0. The third-order valence-electron chi connectivity index (χ3n) is 1.53. The number of hydrogen-bond acceptors (Lipinski definition) is 1. The molecule has 0 radical (unpaired) electrons. The average Bonchev–Trinajstić information content (AvgIpc) is 2.01. The SMILES string of the molecule is CC(=O)C(Br)c1cc(I)cc(I)c1. The summed E-state index contributed by atoms with van der Waals surface area (Å²) in [5, 5.41) is 0. The molecule has 1 nitrogen and oxygen atoms in total. The molecule has 0 N–H and O–H groups in total. The van der Waals surface area contributed by atoms with E-state index in [9.17, 15) is 4.79 Å². The van der Waals surface area contributed by atoms with E-state index in [1.54, 1.807) is 6.92 Å². The molecule has 0 saturated carbocycles. The van der Waals surface area contributed by atoms with Gasteiger partial charge in [-0.15, -0.1) is 0 Å². The van der Waals surface area contributed by atoms with Gasteiger partial charge in [0.1, 0.15) is 5.78 Å². The smallest absolute Gasteiger partial charge is 0.147 e. The van der Waals surface area contributed by atoms with E-state index in [0.29, 0.717) is 0 Å². The first-order valence-electron chi connectivity index (χ1n) is 3.61. The summed E-state index contributed by atoms with van der Waals surface area (Å²) in [6.07, 6.45) is 0. The minimum atomic E-state index is -0.171. The number of carbonyl (C=O) groups is 1. The van der Waals surface area contributed by atoms with Gasteiger partial charge in [-0.05, 0) is 75.9 Å². The molecule has 1 rings (SSSR count). The Kier molecular flexibility index (Phi) is 4.64. The van der Waals surface area contributed by atoms with Crippen LogP contribution >= 0.6 is 61.1 Å². The summed E-state index contributed by atoms with van der Waals surface area (Å²) in [6.45, 7) is 1.59. The van der Waals surface area contributed by atoms with Gasteiger partial charge in [0, 0.05) is 7.14 Å². The molecule has 0 aliphatic rings. The molecule has 70 valence electrons. The van der Waals surface area contributed by atoms with E-state index in [2.05, 4.69) is 67.2 Å². The van der Waals surface area contributed by atoms with E-state index in [1.165, 1.54) is 0 Å². The van der Waals surface area contributed by atoms with E-state index >= 15 is 0 Å². The highest BCUT2D eigenvalue weighted by molar-refractivity contribution is 14.1. The number of rotatable bonds is 2. The van der Waals surface area contributed by atoms with Crippen LogP contribution in [0, 0.1) is 7.14 Å². The number of ketones is 1. The molecule has 1 atom stereocenters. The van der Waals surface area contributed by atoms with E-state index in [0.717, 1.165) is 12.7 Å². The number of hydrogen-bond donors (Lipinski definition) is 0. The Morgan fingerprint density at radius 2 is 1.77 bits per heavy atom. The van der Waals surface area contributed by atoms with Crippen LogP contribution in [-0.2, 0) is 4.79 Å². The molecule has 0 spiro atoms. The van der Waals surface area contributed by atoms with E-state index in [-0.39, 0.29) is 10.6 Å². The van der Waals surface area contributed by atoms with Crippen molar-refractivity contribution < 1.29 is 4.79 Å². The van der Waals surface area contributed by atoms with Gasteiger partial charge in [0.2, 0.25) is 0 Å². The zero-order valence-electron chi connectivity index (χ0n) is 6.85. The molecule has 0 saturated heterocycles. The predicted octanol–water partition coefficient (Wildman–Crippen LogP) is 3.92. The number of benzene rings is 1. The van der Waals surface area contributed by atoms with Crippen LogP contribution in [0.1, 0.15) is 17.3 Å². The van der Waals surface area contributed by atoms with Crippen LogP contribution in [0.5, 0.6) is 0 Å². The van der Waals surface area contributed by atoms with E-state index in [4.69, 9.17) is 0 Å². The first-order valence-corrected chi connectivity index (χ1v) is 6.68. The minimum absolute atomic E-state index is 0.137. The second kappa shape index (κ2) is 5.06. The van der Waals surface area contributed by atoms with Crippen molar-refractivity contribution in [2.45, 2.75) is 11.8 Å². The van der Waals surface area contributed by atoms with Gasteiger partial charge in [0.05, 0.1) is 4.83 Å². The highest BCUT2D eigenvalue weighted by Crippen LogP contribution is 2.26. The first-order chi connectivity index (χ1) is 6.00. The molecule has 0 aliphatic carbocycles. The van der Waals surface area contributed by atoms with E-state index < -0.39 is 0 Å². The molecule has 0 amide bonds. The zero-order chi connectivity index (χ0) is 10.0. The molecule has 0 bridgehead atoms. The van der Waals surface area contributed by atoms with Gasteiger partial charge in [-0.25, -0.2) is 0 Å². The molecule has 13 heavy (non-hydrogen) atoms. The summed E-state index contributed by atoms with van der Waals surface area (Å²) in [5.74, 6) is 0.137. The highest BCUT2D eigenvalue weighted by atomic mass is 127. The molecular weight excluding hydrogens is 458 g/mol.